The molecule has 2 aromatic rings. The summed E-state index contributed by atoms with van der Waals surface area (Å²) in [5, 5.41) is 0. The molecule has 0 fully saturated rings. The molecule has 0 saturated heterocycles. The van der Waals surface area contributed by atoms with E-state index >= 15 is 0 Å². The van der Waals surface area contributed by atoms with E-state index in [-0.39, 0.29) is 17.9 Å². The Balaban J connectivity index is 1.61. The second kappa shape index (κ2) is 6.75. The molecular formula is C20H17NO6. The van der Waals surface area contributed by atoms with Gasteiger partial charge in [-0.1, -0.05) is 12.1 Å². The summed E-state index contributed by atoms with van der Waals surface area (Å²) >= 11 is 0. The number of amides is 2. The molecule has 0 radical (unpaired) electrons. The molecule has 7 nitrogen and oxygen atoms in total. The van der Waals surface area contributed by atoms with Crippen LogP contribution in [0.2, 0.25) is 0 Å². The lowest BCUT2D eigenvalue weighted by molar-refractivity contribution is -0.134. The number of imide groups is 1. The van der Waals surface area contributed by atoms with Crippen molar-refractivity contribution in [3.05, 3.63) is 53.6 Å². The van der Waals surface area contributed by atoms with E-state index in [2.05, 4.69) is 0 Å². The third kappa shape index (κ3) is 3.12. The number of nitrogens with zero attached hydrogens (tertiary/aromatic N) is 1. The van der Waals surface area contributed by atoms with Crippen LogP contribution in [0.1, 0.15) is 27.6 Å². The number of Topliss-reactive ketones (excluding diaryl/α,β-unsaturated/α-hetero) is 1. The molecule has 0 saturated carbocycles. The van der Waals surface area contributed by atoms with E-state index in [1.807, 2.05) is 0 Å². The van der Waals surface area contributed by atoms with Crippen LogP contribution in [0.25, 0.3) is 0 Å². The smallest absolute Gasteiger partial charge is 0.270 e. The number of carbonyl (C=O) groups is 3. The molecule has 27 heavy (non-hydrogen) atoms. The van der Waals surface area contributed by atoms with Crippen LogP contribution in [-0.4, -0.2) is 48.4 Å². The van der Waals surface area contributed by atoms with Gasteiger partial charge in [0.1, 0.15) is 19.0 Å². The molecule has 7 heteroatoms. The maximum atomic E-state index is 12.8. The van der Waals surface area contributed by atoms with Crippen molar-refractivity contribution in [1.82, 2.24) is 4.90 Å². The topological polar surface area (TPSA) is 82.1 Å². The molecule has 4 rings (SSSR count). The van der Waals surface area contributed by atoms with Crippen LogP contribution in [0.5, 0.6) is 17.2 Å². The molecule has 0 aromatic heterocycles. The van der Waals surface area contributed by atoms with Gasteiger partial charge in [-0.15, -0.1) is 0 Å². The SMILES string of the molecule is C[C@@H]1Oc2ccccc2C(=O)N(CC(=O)c2ccc3c(c2)OCCO3)C1=O. The maximum Gasteiger partial charge on any atom is 0.270 e. The summed E-state index contributed by atoms with van der Waals surface area (Å²) in [6.07, 6.45) is -0.870. The third-order valence-electron chi connectivity index (χ3n) is 4.45. The highest BCUT2D eigenvalue weighted by molar-refractivity contribution is 6.12. The summed E-state index contributed by atoms with van der Waals surface area (Å²) in [6.45, 7) is 2.03. The van der Waals surface area contributed by atoms with Crippen LogP contribution in [0.4, 0.5) is 0 Å². The zero-order valence-corrected chi connectivity index (χ0v) is 14.6. The molecule has 0 unspecified atom stereocenters. The summed E-state index contributed by atoms with van der Waals surface area (Å²) in [4.78, 5) is 39.1. The van der Waals surface area contributed by atoms with Crippen LogP contribution in [0.3, 0.4) is 0 Å². The average Bonchev–Trinajstić information content (AvgIpc) is 2.78. The molecule has 1 atom stereocenters. The Morgan fingerprint density at radius 2 is 1.78 bits per heavy atom. The highest BCUT2D eigenvalue weighted by atomic mass is 16.6. The monoisotopic (exact) mass is 367 g/mol. The van der Waals surface area contributed by atoms with E-state index in [0.29, 0.717) is 36.0 Å². The van der Waals surface area contributed by atoms with E-state index < -0.39 is 17.9 Å². The van der Waals surface area contributed by atoms with Crippen LogP contribution in [0.15, 0.2) is 42.5 Å². The van der Waals surface area contributed by atoms with Crippen molar-refractivity contribution in [2.24, 2.45) is 0 Å². The van der Waals surface area contributed by atoms with Crippen molar-refractivity contribution in [2.75, 3.05) is 19.8 Å². The number of rotatable bonds is 3. The molecule has 0 aliphatic carbocycles. The molecule has 2 aliphatic heterocycles. The van der Waals surface area contributed by atoms with Crippen molar-refractivity contribution in [3.8, 4) is 17.2 Å². The molecule has 2 aliphatic rings. The normalized spacial score (nSPS) is 18.4. The van der Waals surface area contributed by atoms with Crippen molar-refractivity contribution >= 4 is 17.6 Å². The number of carbonyl (C=O) groups excluding carboxylic acids is 3. The van der Waals surface area contributed by atoms with Gasteiger partial charge in [0.05, 0.1) is 12.1 Å². The largest absolute Gasteiger partial charge is 0.486 e. The molecule has 2 amide bonds. The fraction of sp³-hybridized carbons (Fsp3) is 0.250. The lowest BCUT2D eigenvalue weighted by Crippen LogP contribution is -2.44. The van der Waals surface area contributed by atoms with Crippen LogP contribution >= 0.6 is 0 Å². The predicted molar refractivity (Wildman–Crippen MR) is 94.3 cm³/mol. The number of benzene rings is 2. The number of ketones is 1. The van der Waals surface area contributed by atoms with Gasteiger partial charge in [-0.2, -0.15) is 0 Å². The van der Waals surface area contributed by atoms with Gasteiger partial charge < -0.3 is 14.2 Å². The zero-order chi connectivity index (χ0) is 19.0. The van der Waals surface area contributed by atoms with E-state index in [0.717, 1.165) is 4.90 Å². The third-order valence-corrected chi connectivity index (χ3v) is 4.45. The average molecular weight is 367 g/mol. The molecule has 0 bridgehead atoms. The fourth-order valence-electron chi connectivity index (χ4n) is 3.05. The van der Waals surface area contributed by atoms with Gasteiger partial charge in [-0.25, -0.2) is 0 Å². The second-order valence-electron chi connectivity index (χ2n) is 6.27. The first-order chi connectivity index (χ1) is 13.0. The van der Waals surface area contributed by atoms with Gasteiger partial charge in [0, 0.05) is 5.56 Å². The summed E-state index contributed by atoms with van der Waals surface area (Å²) < 4.78 is 16.5. The minimum absolute atomic E-state index is 0.255. The highest BCUT2D eigenvalue weighted by Crippen LogP contribution is 2.31. The minimum atomic E-state index is -0.870. The Labute approximate surface area is 155 Å². The lowest BCUT2D eigenvalue weighted by atomic mass is 10.1. The van der Waals surface area contributed by atoms with Crippen LogP contribution in [0, 0.1) is 0 Å². The molecule has 2 heterocycles. The van der Waals surface area contributed by atoms with Gasteiger partial charge in [-0.3, -0.25) is 19.3 Å². The van der Waals surface area contributed by atoms with Gasteiger partial charge in [0.2, 0.25) is 0 Å². The van der Waals surface area contributed by atoms with E-state index in [1.54, 1.807) is 49.4 Å². The summed E-state index contributed by atoms with van der Waals surface area (Å²) in [6, 6.07) is 11.4. The number of hydrogen-bond acceptors (Lipinski definition) is 6. The number of fused-ring (bicyclic) bond motifs is 2. The van der Waals surface area contributed by atoms with E-state index in [4.69, 9.17) is 14.2 Å². The maximum absolute atomic E-state index is 12.8. The van der Waals surface area contributed by atoms with Gasteiger partial charge in [-0.05, 0) is 37.3 Å². The van der Waals surface area contributed by atoms with Gasteiger partial charge in [0.25, 0.3) is 11.8 Å². The molecule has 2 aromatic carbocycles. The highest BCUT2D eigenvalue weighted by Gasteiger charge is 2.35. The Morgan fingerprint density at radius 1 is 1.04 bits per heavy atom. The molecule has 138 valence electrons. The number of para-hydroxylation sites is 1. The van der Waals surface area contributed by atoms with Crippen molar-refractivity contribution < 1.29 is 28.6 Å². The standard InChI is InChI=1S/C20H17NO6/c1-12-19(23)21(20(24)14-4-2-3-5-16(14)27-12)11-15(22)13-6-7-17-18(10-13)26-9-8-25-17/h2-7,10,12H,8-9,11H2,1H3/t12-/m0/s1. The zero-order valence-electron chi connectivity index (χ0n) is 14.6. The Kier molecular flexibility index (Phi) is 4.27. The summed E-state index contributed by atoms with van der Waals surface area (Å²) in [5.41, 5.74) is 0.594. The van der Waals surface area contributed by atoms with Crippen LogP contribution in [-0.2, 0) is 4.79 Å². The van der Waals surface area contributed by atoms with Crippen molar-refractivity contribution in [2.45, 2.75) is 13.0 Å². The molecule has 0 spiro atoms. The van der Waals surface area contributed by atoms with E-state index in [9.17, 15) is 14.4 Å². The fourth-order valence-corrected chi connectivity index (χ4v) is 3.05. The second-order valence-corrected chi connectivity index (χ2v) is 6.27. The lowest BCUT2D eigenvalue weighted by Gasteiger charge is -2.21. The summed E-state index contributed by atoms with van der Waals surface area (Å²) in [5.74, 6) is -0.107. The van der Waals surface area contributed by atoms with Crippen LogP contribution < -0.4 is 14.2 Å². The van der Waals surface area contributed by atoms with Crippen molar-refractivity contribution in [1.29, 1.82) is 0 Å². The number of ether oxygens (including phenoxy) is 3. The van der Waals surface area contributed by atoms with E-state index in [1.165, 1.54) is 0 Å². The Hall–Kier alpha value is -3.35. The van der Waals surface area contributed by atoms with Gasteiger partial charge >= 0.3 is 0 Å². The Bertz CT molecular complexity index is 938. The van der Waals surface area contributed by atoms with Crippen molar-refractivity contribution in [3.63, 3.8) is 0 Å². The Morgan fingerprint density at radius 3 is 2.59 bits per heavy atom. The summed E-state index contributed by atoms with van der Waals surface area (Å²) in [7, 11) is 0. The quantitative estimate of drug-likeness (QED) is 0.610. The first-order valence-electron chi connectivity index (χ1n) is 8.59. The molecule has 0 N–H and O–H groups in total. The first-order valence-corrected chi connectivity index (χ1v) is 8.59. The molecular weight excluding hydrogens is 350 g/mol. The minimum Gasteiger partial charge on any atom is -0.486 e. The predicted octanol–water partition coefficient (Wildman–Crippen LogP) is 2.09. The van der Waals surface area contributed by atoms with Gasteiger partial charge in [0.15, 0.2) is 23.4 Å². The first kappa shape index (κ1) is 17.1. The number of hydrogen-bond donors (Lipinski definition) is 0.